The molecule has 0 N–H and O–H groups in total. The van der Waals surface area contributed by atoms with Gasteiger partial charge in [-0.1, -0.05) is 212 Å². The van der Waals surface area contributed by atoms with Gasteiger partial charge in [-0.15, -0.1) is 0 Å². The quantitative estimate of drug-likeness (QED) is 0.0263. The third-order valence-corrected chi connectivity index (χ3v) is 11.2. The van der Waals surface area contributed by atoms with Crippen molar-refractivity contribution >= 4 is 17.9 Å². The molecule has 0 bridgehead atoms. The summed E-state index contributed by atoms with van der Waals surface area (Å²) >= 11 is 0. The van der Waals surface area contributed by atoms with Crippen LogP contribution in [0.1, 0.15) is 271 Å². The highest BCUT2D eigenvalue weighted by Crippen LogP contribution is 2.15. The van der Waals surface area contributed by atoms with E-state index in [2.05, 4.69) is 45.1 Å². The van der Waals surface area contributed by atoms with Gasteiger partial charge in [0.2, 0.25) is 0 Å². The highest BCUT2D eigenvalue weighted by atomic mass is 16.6. The molecule has 340 valence electrons. The number of carbonyl (C=O) groups is 3. The molecular weight excluding hydrogens is 721 g/mol. The first-order valence-electron chi connectivity index (χ1n) is 25.3. The van der Waals surface area contributed by atoms with E-state index in [-0.39, 0.29) is 31.1 Å². The molecule has 0 amide bonds. The predicted octanol–water partition coefficient (Wildman–Crippen LogP) is 16.4. The second-order valence-electron chi connectivity index (χ2n) is 17.1. The summed E-state index contributed by atoms with van der Waals surface area (Å²) < 4.78 is 16.7. The van der Waals surface area contributed by atoms with Crippen LogP contribution < -0.4 is 0 Å². The monoisotopic (exact) mass is 817 g/mol. The van der Waals surface area contributed by atoms with E-state index >= 15 is 0 Å². The van der Waals surface area contributed by atoms with E-state index in [4.69, 9.17) is 14.2 Å². The minimum atomic E-state index is -0.776. The maximum absolute atomic E-state index is 12.7. The summed E-state index contributed by atoms with van der Waals surface area (Å²) in [6, 6.07) is 0. The van der Waals surface area contributed by atoms with E-state index in [1.165, 1.54) is 154 Å². The van der Waals surface area contributed by atoms with Gasteiger partial charge in [0.05, 0.1) is 0 Å². The van der Waals surface area contributed by atoms with Gasteiger partial charge < -0.3 is 14.2 Å². The SMILES string of the molecule is CCCC/C=C\CCCCCCCC(=O)OCC(COC(=O)CCCCCCCCCCCCCCCCCC)OC(=O)CCCCC/C=C\CCCCCCCC. The molecule has 0 saturated heterocycles. The number of hydrogen-bond acceptors (Lipinski definition) is 6. The minimum absolute atomic E-state index is 0.0764. The highest BCUT2D eigenvalue weighted by molar-refractivity contribution is 5.71. The number of allylic oxidation sites excluding steroid dienone is 4. The van der Waals surface area contributed by atoms with Crippen LogP contribution in [0.2, 0.25) is 0 Å². The van der Waals surface area contributed by atoms with Gasteiger partial charge in [-0.3, -0.25) is 14.4 Å². The minimum Gasteiger partial charge on any atom is -0.462 e. The van der Waals surface area contributed by atoms with Crippen molar-refractivity contribution in [2.24, 2.45) is 0 Å². The van der Waals surface area contributed by atoms with Crippen LogP contribution in [0, 0.1) is 0 Å². The van der Waals surface area contributed by atoms with E-state index in [9.17, 15) is 14.4 Å². The lowest BCUT2D eigenvalue weighted by molar-refractivity contribution is -0.167. The molecule has 0 aliphatic rings. The van der Waals surface area contributed by atoms with Crippen molar-refractivity contribution in [2.45, 2.75) is 277 Å². The zero-order valence-electron chi connectivity index (χ0n) is 38.8. The molecule has 1 unspecified atom stereocenters. The van der Waals surface area contributed by atoms with Crippen LogP contribution in [0.5, 0.6) is 0 Å². The molecular formula is C52H96O6. The molecule has 0 aliphatic carbocycles. The maximum Gasteiger partial charge on any atom is 0.306 e. The maximum atomic E-state index is 12.7. The van der Waals surface area contributed by atoms with Gasteiger partial charge in [-0.25, -0.2) is 0 Å². The van der Waals surface area contributed by atoms with E-state index < -0.39 is 6.10 Å². The van der Waals surface area contributed by atoms with Crippen molar-refractivity contribution in [3.63, 3.8) is 0 Å². The summed E-state index contributed by atoms with van der Waals surface area (Å²) in [5, 5.41) is 0. The van der Waals surface area contributed by atoms with Crippen molar-refractivity contribution in [1.82, 2.24) is 0 Å². The molecule has 0 spiro atoms. The lowest BCUT2D eigenvalue weighted by Crippen LogP contribution is -2.30. The molecule has 0 radical (unpaired) electrons. The van der Waals surface area contributed by atoms with Gasteiger partial charge >= 0.3 is 17.9 Å². The number of rotatable bonds is 46. The number of carbonyl (C=O) groups excluding carboxylic acids is 3. The first-order valence-corrected chi connectivity index (χ1v) is 25.3. The average molecular weight is 817 g/mol. The van der Waals surface area contributed by atoms with Gasteiger partial charge in [-0.2, -0.15) is 0 Å². The molecule has 0 heterocycles. The predicted molar refractivity (Wildman–Crippen MR) is 247 cm³/mol. The normalized spacial score (nSPS) is 12.1. The number of unbranched alkanes of at least 4 members (excludes halogenated alkanes) is 31. The topological polar surface area (TPSA) is 78.9 Å². The molecule has 0 saturated carbocycles. The molecule has 0 fully saturated rings. The molecule has 0 aromatic carbocycles. The van der Waals surface area contributed by atoms with Crippen molar-refractivity contribution in [2.75, 3.05) is 13.2 Å². The lowest BCUT2D eigenvalue weighted by Gasteiger charge is -2.18. The highest BCUT2D eigenvalue weighted by Gasteiger charge is 2.19. The van der Waals surface area contributed by atoms with Crippen LogP contribution in [0.4, 0.5) is 0 Å². The number of esters is 3. The van der Waals surface area contributed by atoms with Crippen LogP contribution in [0.15, 0.2) is 24.3 Å². The zero-order valence-corrected chi connectivity index (χ0v) is 38.8. The number of ether oxygens (including phenoxy) is 3. The molecule has 6 heteroatoms. The van der Waals surface area contributed by atoms with E-state index in [1.807, 2.05) is 0 Å². The van der Waals surface area contributed by atoms with Crippen molar-refractivity contribution in [1.29, 1.82) is 0 Å². The van der Waals surface area contributed by atoms with Gasteiger partial charge in [0.15, 0.2) is 6.10 Å². The third kappa shape index (κ3) is 45.0. The van der Waals surface area contributed by atoms with Crippen LogP contribution in [-0.2, 0) is 28.6 Å². The molecule has 6 nitrogen and oxygen atoms in total. The Morgan fingerprint density at radius 2 is 0.586 bits per heavy atom. The summed E-state index contributed by atoms with van der Waals surface area (Å²) in [6.45, 7) is 6.59. The van der Waals surface area contributed by atoms with Crippen molar-refractivity contribution in [3.05, 3.63) is 24.3 Å². The second-order valence-corrected chi connectivity index (χ2v) is 17.1. The zero-order chi connectivity index (χ0) is 42.3. The Kier molecular flexibility index (Phi) is 45.8. The summed E-state index contributed by atoms with van der Waals surface area (Å²) in [6.07, 6.45) is 53.0. The molecule has 1 atom stereocenters. The fraction of sp³-hybridized carbons (Fsp3) is 0.865. The summed E-state index contributed by atoms with van der Waals surface area (Å²) in [5.74, 6) is -0.892. The van der Waals surface area contributed by atoms with Crippen LogP contribution in [0.25, 0.3) is 0 Å². The molecule has 0 rings (SSSR count). The summed E-state index contributed by atoms with van der Waals surface area (Å²) in [7, 11) is 0. The second kappa shape index (κ2) is 47.6. The largest absolute Gasteiger partial charge is 0.462 e. The van der Waals surface area contributed by atoms with Crippen molar-refractivity contribution < 1.29 is 28.6 Å². The summed E-state index contributed by atoms with van der Waals surface area (Å²) in [4.78, 5) is 37.9. The smallest absolute Gasteiger partial charge is 0.306 e. The Hall–Kier alpha value is -2.11. The van der Waals surface area contributed by atoms with Crippen molar-refractivity contribution in [3.8, 4) is 0 Å². The average Bonchev–Trinajstić information content (AvgIpc) is 3.22. The van der Waals surface area contributed by atoms with Crippen LogP contribution in [-0.4, -0.2) is 37.2 Å². The fourth-order valence-electron chi connectivity index (χ4n) is 7.30. The van der Waals surface area contributed by atoms with Crippen LogP contribution >= 0.6 is 0 Å². The Labute approximate surface area is 360 Å². The lowest BCUT2D eigenvalue weighted by atomic mass is 10.0. The van der Waals surface area contributed by atoms with E-state index in [1.54, 1.807) is 0 Å². The Morgan fingerprint density at radius 1 is 0.328 bits per heavy atom. The molecule has 0 aromatic rings. The molecule has 0 aliphatic heterocycles. The van der Waals surface area contributed by atoms with Gasteiger partial charge in [0.1, 0.15) is 13.2 Å². The Balaban J connectivity index is 4.34. The molecule has 0 aromatic heterocycles. The van der Waals surface area contributed by atoms with Crippen LogP contribution in [0.3, 0.4) is 0 Å². The molecule has 58 heavy (non-hydrogen) atoms. The Morgan fingerprint density at radius 3 is 0.931 bits per heavy atom. The Bertz CT molecular complexity index is 942. The number of hydrogen-bond donors (Lipinski definition) is 0. The first-order chi connectivity index (χ1) is 28.5. The van der Waals surface area contributed by atoms with Gasteiger partial charge in [-0.05, 0) is 64.2 Å². The van der Waals surface area contributed by atoms with Gasteiger partial charge in [0, 0.05) is 19.3 Å². The van der Waals surface area contributed by atoms with Gasteiger partial charge in [0.25, 0.3) is 0 Å². The fourth-order valence-corrected chi connectivity index (χ4v) is 7.30. The summed E-state index contributed by atoms with van der Waals surface area (Å²) in [5.41, 5.74) is 0. The van der Waals surface area contributed by atoms with E-state index in [0.29, 0.717) is 19.3 Å². The first kappa shape index (κ1) is 55.9. The third-order valence-electron chi connectivity index (χ3n) is 11.2. The standard InChI is InChI=1S/C52H96O6/c1-4-7-10-13-16-19-22-24-25-26-28-30-33-36-39-42-45-51(54)57-48-49(47-56-50(53)44-41-38-35-32-29-21-18-15-12-9-6-3)58-52(55)46-43-40-37-34-31-27-23-20-17-14-11-8-5-2/h15,18,27,31,49H,4-14,16-17,19-26,28-30,32-48H2,1-3H3/b18-15-,31-27-. The van der Waals surface area contributed by atoms with E-state index in [0.717, 1.165) is 77.0 Å².